The lowest BCUT2D eigenvalue weighted by molar-refractivity contribution is 0.419. The van der Waals surface area contributed by atoms with Crippen LogP contribution in [-0.4, -0.2) is 17.8 Å². The molecule has 2 nitrogen and oxygen atoms in total. The minimum Gasteiger partial charge on any atom is -0.494 e. The second kappa shape index (κ2) is 5.10. The minimum absolute atomic E-state index is 0.834. The first-order valence-corrected chi connectivity index (χ1v) is 7.32. The number of ether oxygens (including phenoxy) is 1. The molecule has 0 amide bonds. The number of hydrogen-bond acceptors (Lipinski definition) is 3. The maximum Gasteiger partial charge on any atom is 0.145 e. The first kappa shape index (κ1) is 12.3. The van der Waals surface area contributed by atoms with E-state index in [2.05, 4.69) is 31.2 Å². The Kier molecular flexibility index (Phi) is 3.30. The number of aromatic nitrogens is 1. The molecule has 1 heterocycles. The van der Waals surface area contributed by atoms with E-state index in [0.29, 0.717) is 0 Å². The number of para-hydroxylation sites is 2. The predicted molar refractivity (Wildman–Crippen MR) is 82.2 cm³/mol. The lowest BCUT2D eigenvalue weighted by Crippen LogP contribution is -1.91. The van der Waals surface area contributed by atoms with E-state index in [1.165, 1.54) is 15.7 Å². The van der Waals surface area contributed by atoms with Crippen molar-refractivity contribution in [3.8, 4) is 5.75 Å². The topological polar surface area (TPSA) is 22.1 Å². The summed E-state index contributed by atoms with van der Waals surface area (Å²) in [6.45, 7) is 2.17. The molecular formula is C16H15NOS. The largest absolute Gasteiger partial charge is 0.494 e. The molecule has 3 aromatic rings. The second-order valence-corrected chi connectivity index (χ2v) is 5.52. The van der Waals surface area contributed by atoms with Gasteiger partial charge in [0, 0.05) is 15.7 Å². The highest BCUT2D eigenvalue weighted by Crippen LogP contribution is 2.36. The summed E-state index contributed by atoms with van der Waals surface area (Å²) in [5.41, 5.74) is 1.97. The number of fused-ring (bicyclic) bond motifs is 2. The minimum atomic E-state index is 0.834. The van der Waals surface area contributed by atoms with Gasteiger partial charge in [0.25, 0.3) is 0 Å². The Hall–Kier alpha value is -1.74. The van der Waals surface area contributed by atoms with Crippen molar-refractivity contribution in [1.29, 1.82) is 0 Å². The average Bonchev–Trinajstić information content (AvgIpc) is 2.46. The smallest absolute Gasteiger partial charge is 0.145 e. The summed E-state index contributed by atoms with van der Waals surface area (Å²) < 4.78 is 5.44. The van der Waals surface area contributed by atoms with Gasteiger partial charge in [-0.05, 0) is 17.9 Å². The molecule has 2 aromatic carbocycles. The third-order valence-corrected chi connectivity index (χ3v) is 4.15. The molecule has 96 valence electrons. The fourth-order valence-electron chi connectivity index (χ4n) is 2.31. The van der Waals surface area contributed by atoms with Gasteiger partial charge in [-0.1, -0.05) is 37.3 Å². The zero-order valence-electron chi connectivity index (χ0n) is 11.0. The summed E-state index contributed by atoms with van der Waals surface area (Å²) >= 11 is 1.86. The number of methoxy groups -OCH3 is 1. The molecule has 0 bridgehead atoms. The Morgan fingerprint density at radius 2 is 1.84 bits per heavy atom. The Morgan fingerprint density at radius 1 is 1.05 bits per heavy atom. The summed E-state index contributed by atoms with van der Waals surface area (Å²) in [5, 5.41) is 2.39. The normalized spacial score (nSPS) is 11.1. The van der Waals surface area contributed by atoms with Gasteiger partial charge in [-0.3, -0.25) is 0 Å². The van der Waals surface area contributed by atoms with Crippen molar-refractivity contribution < 1.29 is 4.74 Å². The van der Waals surface area contributed by atoms with Crippen LogP contribution in [0.3, 0.4) is 0 Å². The molecule has 0 atom stereocenters. The van der Waals surface area contributed by atoms with Crippen molar-refractivity contribution in [2.75, 3.05) is 12.9 Å². The van der Waals surface area contributed by atoms with Crippen LogP contribution < -0.4 is 4.74 Å². The molecule has 0 saturated heterocycles. The highest BCUT2D eigenvalue weighted by Gasteiger charge is 2.11. The maximum atomic E-state index is 5.44. The van der Waals surface area contributed by atoms with Gasteiger partial charge in [0.1, 0.15) is 11.3 Å². The fourth-order valence-corrected chi connectivity index (χ4v) is 3.25. The molecule has 0 spiro atoms. The molecule has 0 radical (unpaired) electrons. The van der Waals surface area contributed by atoms with Crippen LogP contribution in [0, 0.1) is 0 Å². The van der Waals surface area contributed by atoms with Crippen LogP contribution in [0.15, 0.2) is 47.4 Å². The molecule has 0 aliphatic carbocycles. The highest BCUT2D eigenvalue weighted by molar-refractivity contribution is 7.99. The van der Waals surface area contributed by atoms with Gasteiger partial charge in [0.15, 0.2) is 0 Å². The van der Waals surface area contributed by atoms with Crippen molar-refractivity contribution in [2.45, 2.75) is 11.8 Å². The molecule has 1 aromatic heterocycles. The van der Waals surface area contributed by atoms with Gasteiger partial charge in [-0.2, -0.15) is 0 Å². The average molecular weight is 269 g/mol. The number of nitrogens with zero attached hydrogens (tertiary/aromatic N) is 1. The van der Waals surface area contributed by atoms with Crippen molar-refractivity contribution in [1.82, 2.24) is 4.98 Å². The first-order chi connectivity index (χ1) is 9.35. The van der Waals surface area contributed by atoms with Crippen LogP contribution in [0.1, 0.15) is 6.92 Å². The number of rotatable bonds is 3. The van der Waals surface area contributed by atoms with Crippen LogP contribution in [0.5, 0.6) is 5.75 Å². The monoisotopic (exact) mass is 269 g/mol. The van der Waals surface area contributed by atoms with Crippen molar-refractivity contribution in [3.63, 3.8) is 0 Å². The molecule has 19 heavy (non-hydrogen) atoms. The SMILES string of the molecule is CCSc1c2ccccc2nc2c(OC)cccc12. The highest BCUT2D eigenvalue weighted by atomic mass is 32.2. The lowest BCUT2D eigenvalue weighted by Gasteiger charge is -2.11. The van der Waals surface area contributed by atoms with E-state index in [-0.39, 0.29) is 0 Å². The van der Waals surface area contributed by atoms with E-state index >= 15 is 0 Å². The third kappa shape index (κ3) is 2.04. The Labute approximate surface area is 116 Å². The molecule has 0 N–H and O–H groups in total. The Morgan fingerprint density at radius 3 is 2.63 bits per heavy atom. The summed E-state index contributed by atoms with van der Waals surface area (Å²) in [5.74, 6) is 1.88. The zero-order chi connectivity index (χ0) is 13.2. The molecule has 3 rings (SSSR count). The van der Waals surface area contributed by atoms with Gasteiger partial charge >= 0.3 is 0 Å². The van der Waals surface area contributed by atoms with Crippen molar-refractivity contribution in [2.24, 2.45) is 0 Å². The van der Waals surface area contributed by atoms with Gasteiger partial charge in [0.05, 0.1) is 12.6 Å². The van der Waals surface area contributed by atoms with E-state index in [4.69, 9.17) is 9.72 Å². The van der Waals surface area contributed by atoms with Crippen molar-refractivity contribution in [3.05, 3.63) is 42.5 Å². The fraction of sp³-hybridized carbons (Fsp3) is 0.188. The predicted octanol–water partition coefficient (Wildman–Crippen LogP) is 4.51. The summed E-state index contributed by atoms with van der Waals surface area (Å²) in [4.78, 5) is 6.05. The van der Waals surface area contributed by atoms with E-state index in [0.717, 1.165) is 22.5 Å². The molecule has 3 heteroatoms. The van der Waals surface area contributed by atoms with Gasteiger partial charge in [-0.25, -0.2) is 4.98 Å². The Bertz CT molecular complexity index is 739. The van der Waals surface area contributed by atoms with Crippen LogP contribution in [0.2, 0.25) is 0 Å². The van der Waals surface area contributed by atoms with Gasteiger partial charge in [-0.15, -0.1) is 11.8 Å². The number of hydrogen-bond donors (Lipinski definition) is 0. The maximum absolute atomic E-state index is 5.44. The van der Waals surface area contributed by atoms with Gasteiger partial charge < -0.3 is 4.74 Å². The Balaban J connectivity index is 2.47. The molecule has 0 saturated carbocycles. The molecule has 0 fully saturated rings. The molecule has 0 aliphatic rings. The van der Waals surface area contributed by atoms with Crippen LogP contribution >= 0.6 is 11.8 Å². The third-order valence-electron chi connectivity index (χ3n) is 3.13. The van der Waals surface area contributed by atoms with Gasteiger partial charge in [0.2, 0.25) is 0 Å². The molecule has 0 unspecified atom stereocenters. The van der Waals surface area contributed by atoms with Crippen molar-refractivity contribution >= 4 is 33.6 Å². The second-order valence-electron chi connectivity index (χ2n) is 4.25. The number of pyridine rings is 1. The number of benzene rings is 2. The zero-order valence-corrected chi connectivity index (χ0v) is 11.8. The van der Waals surface area contributed by atoms with Crippen LogP contribution in [0.4, 0.5) is 0 Å². The number of thioether (sulfide) groups is 1. The summed E-state index contributed by atoms with van der Waals surface area (Å²) in [6, 6.07) is 14.4. The van der Waals surface area contributed by atoms with E-state index < -0.39 is 0 Å². The first-order valence-electron chi connectivity index (χ1n) is 6.33. The summed E-state index contributed by atoms with van der Waals surface area (Å²) in [7, 11) is 1.69. The van der Waals surface area contributed by atoms with E-state index in [9.17, 15) is 0 Å². The standard InChI is InChI=1S/C16H15NOS/c1-3-19-16-11-7-4-5-9-13(11)17-15-12(16)8-6-10-14(15)18-2/h4-10H,3H2,1-2H3. The quantitative estimate of drug-likeness (QED) is 0.516. The van der Waals surface area contributed by atoms with Crippen LogP contribution in [-0.2, 0) is 0 Å². The molecule has 0 aliphatic heterocycles. The van der Waals surface area contributed by atoms with Crippen LogP contribution in [0.25, 0.3) is 21.8 Å². The summed E-state index contributed by atoms with van der Waals surface area (Å²) in [6.07, 6.45) is 0. The van der Waals surface area contributed by atoms with E-state index in [1.54, 1.807) is 7.11 Å². The molecular weight excluding hydrogens is 254 g/mol. The lowest BCUT2D eigenvalue weighted by atomic mass is 10.1. The van der Waals surface area contributed by atoms with E-state index in [1.807, 2.05) is 30.0 Å².